The van der Waals surface area contributed by atoms with E-state index < -0.39 is 23.8 Å². The molecule has 0 bridgehead atoms. The van der Waals surface area contributed by atoms with Crippen LogP contribution in [-0.4, -0.2) is 53.0 Å². The fourth-order valence-corrected chi connectivity index (χ4v) is 4.36. The van der Waals surface area contributed by atoms with Crippen molar-refractivity contribution in [3.8, 4) is 0 Å². The van der Waals surface area contributed by atoms with Crippen LogP contribution in [0.2, 0.25) is 0 Å². The number of benzene rings is 1. The number of nitrogens with one attached hydrogen (secondary N) is 1. The lowest BCUT2D eigenvalue weighted by atomic mass is 9.85. The lowest BCUT2D eigenvalue weighted by molar-refractivity contribution is -0.140. The molecular weight excluding hydrogens is 422 g/mol. The topological polar surface area (TPSA) is 111 Å². The molecule has 0 amide bonds. The quantitative estimate of drug-likeness (QED) is 0.155. The number of hydrogen-bond acceptors (Lipinski definition) is 7. The summed E-state index contributed by atoms with van der Waals surface area (Å²) in [6.45, 7) is 0.0916. The molecule has 1 aromatic carbocycles. The second-order valence-electron chi connectivity index (χ2n) is 8.40. The summed E-state index contributed by atoms with van der Waals surface area (Å²) >= 11 is 0. The molecule has 1 aliphatic carbocycles. The Balaban J connectivity index is 1.78. The van der Waals surface area contributed by atoms with Crippen LogP contribution in [0.1, 0.15) is 57.8 Å². The molecule has 1 aliphatic rings. The number of aliphatic hydroxyl groups excluding tert-OH is 2. The van der Waals surface area contributed by atoms with Crippen molar-refractivity contribution in [1.29, 1.82) is 0 Å². The highest BCUT2D eigenvalue weighted by atomic mass is 19.1. The van der Waals surface area contributed by atoms with Gasteiger partial charge in [-0.05, 0) is 43.7 Å². The molecule has 1 fully saturated rings. The number of esters is 1. The van der Waals surface area contributed by atoms with Crippen molar-refractivity contribution in [3.63, 3.8) is 0 Å². The van der Waals surface area contributed by atoms with Crippen LogP contribution in [0.3, 0.4) is 0 Å². The van der Waals surface area contributed by atoms with Gasteiger partial charge in [-0.15, -0.1) is 0 Å². The molecule has 0 heterocycles. The third-order valence-corrected chi connectivity index (χ3v) is 6.15. The number of unbranched alkanes of at least 4 members (excludes halogenated alkanes) is 3. The number of oxime groups is 1. The van der Waals surface area contributed by atoms with Gasteiger partial charge in [0.05, 0.1) is 30.7 Å². The highest BCUT2D eigenvalue weighted by molar-refractivity contribution is 5.89. The van der Waals surface area contributed by atoms with Gasteiger partial charge in [-0.1, -0.05) is 24.4 Å². The number of nitrogens with zero attached hydrogens (tertiary/aromatic N) is 1. The molecule has 32 heavy (non-hydrogen) atoms. The zero-order valence-corrected chi connectivity index (χ0v) is 18.5. The van der Waals surface area contributed by atoms with Crippen LogP contribution in [-0.2, 0) is 9.53 Å². The third kappa shape index (κ3) is 8.02. The van der Waals surface area contributed by atoms with Gasteiger partial charge in [-0.3, -0.25) is 4.79 Å². The molecule has 0 aromatic heterocycles. The lowest BCUT2D eigenvalue weighted by Crippen LogP contribution is -2.25. The summed E-state index contributed by atoms with van der Waals surface area (Å²) in [5.74, 6) is -1.80. The Bertz CT molecular complexity index is 762. The summed E-state index contributed by atoms with van der Waals surface area (Å²) in [6, 6.07) is 3.20. The molecule has 0 aliphatic heterocycles. The molecule has 9 heteroatoms. The molecule has 1 saturated carbocycles. The Hall–Kier alpha value is -2.26. The van der Waals surface area contributed by atoms with E-state index in [1.54, 1.807) is 0 Å². The molecule has 2 rings (SSSR count). The van der Waals surface area contributed by atoms with Gasteiger partial charge in [0.15, 0.2) is 0 Å². The molecule has 4 unspecified atom stereocenters. The minimum absolute atomic E-state index is 0.0591. The molecule has 7 nitrogen and oxygen atoms in total. The highest BCUT2D eigenvalue weighted by Gasteiger charge is 2.39. The fraction of sp³-hybridized carbons (Fsp3) is 0.652. The number of carbonyl (C=O) groups excluding carboxylic acids is 1. The van der Waals surface area contributed by atoms with E-state index in [0.717, 1.165) is 44.2 Å². The summed E-state index contributed by atoms with van der Waals surface area (Å²) < 4.78 is 31.3. The van der Waals surface area contributed by atoms with E-state index in [0.29, 0.717) is 31.4 Å². The highest BCUT2D eigenvalue weighted by Crippen LogP contribution is 2.37. The molecular formula is C23H34F2N2O5. The first kappa shape index (κ1) is 26.0. The normalized spacial score (nSPS) is 22.8. The summed E-state index contributed by atoms with van der Waals surface area (Å²) in [5.41, 5.74) is 0.655. The fourth-order valence-electron chi connectivity index (χ4n) is 4.36. The van der Waals surface area contributed by atoms with E-state index >= 15 is 0 Å². The second kappa shape index (κ2) is 13.3. The van der Waals surface area contributed by atoms with Gasteiger partial charge in [-0.2, -0.15) is 0 Å². The summed E-state index contributed by atoms with van der Waals surface area (Å²) in [6.07, 6.45) is 4.47. The molecule has 4 atom stereocenters. The summed E-state index contributed by atoms with van der Waals surface area (Å²) in [4.78, 5) is 11.1. The smallest absolute Gasteiger partial charge is 0.305 e. The maximum absolute atomic E-state index is 13.7. The molecule has 4 N–H and O–H groups in total. The Kier molecular flexibility index (Phi) is 10.8. The number of rotatable bonds is 13. The van der Waals surface area contributed by atoms with Gasteiger partial charge in [0.1, 0.15) is 11.6 Å². The molecule has 0 radical (unpaired) electrons. The van der Waals surface area contributed by atoms with Crippen LogP contribution in [0.5, 0.6) is 0 Å². The predicted molar refractivity (Wildman–Crippen MR) is 117 cm³/mol. The van der Waals surface area contributed by atoms with Crippen LogP contribution in [0.4, 0.5) is 14.5 Å². The Labute approximate surface area is 187 Å². The zero-order valence-electron chi connectivity index (χ0n) is 18.5. The van der Waals surface area contributed by atoms with Crippen molar-refractivity contribution in [1.82, 2.24) is 0 Å². The summed E-state index contributed by atoms with van der Waals surface area (Å²) in [7, 11) is 1.37. The predicted octanol–water partition coefficient (Wildman–Crippen LogP) is 3.86. The van der Waals surface area contributed by atoms with E-state index in [4.69, 9.17) is 0 Å². The van der Waals surface area contributed by atoms with E-state index in [2.05, 4.69) is 15.2 Å². The van der Waals surface area contributed by atoms with Gasteiger partial charge in [0, 0.05) is 31.4 Å². The Morgan fingerprint density at radius 2 is 2.00 bits per heavy atom. The molecule has 0 saturated heterocycles. The van der Waals surface area contributed by atoms with Crippen LogP contribution < -0.4 is 5.32 Å². The molecule has 180 valence electrons. The third-order valence-electron chi connectivity index (χ3n) is 6.15. The number of methoxy groups -OCH3 is 1. The first-order valence-corrected chi connectivity index (χ1v) is 11.2. The number of ether oxygens (including phenoxy) is 1. The van der Waals surface area contributed by atoms with Crippen molar-refractivity contribution in [3.05, 3.63) is 29.8 Å². The van der Waals surface area contributed by atoms with Crippen molar-refractivity contribution >= 4 is 17.4 Å². The van der Waals surface area contributed by atoms with E-state index in [1.807, 2.05) is 0 Å². The Morgan fingerprint density at radius 1 is 1.25 bits per heavy atom. The van der Waals surface area contributed by atoms with Crippen LogP contribution in [0, 0.1) is 23.5 Å². The molecule has 1 aromatic rings. The van der Waals surface area contributed by atoms with E-state index in [-0.39, 0.29) is 30.0 Å². The van der Waals surface area contributed by atoms with Crippen molar-refractivity contribution in [2.24, 2.45) is 17.0 Å². The number of anilines is 1. The van der Waals surface area contributed by atoms with Crippen molar-refractivity contribution < 1.29 is 33.7 Å². The maximum Gasteiger partial charge on any atom is 0.305 e. The van der Waals surface area contributed by atoms with Gasteiger partial charge in [-0.25, -0.2) is 8.78 Å². The van der Waals surface area contributed by atoms with Gasteiger partial charge < -0.3 is 25.5 Å². The second-order valence-corrected chi connectivity index (χ2v) is 8.40. The Morgan fingerprint density at radius 3 is 2.69 bits per heavy atom. The van der Waals surface area contributed by atoms with Gasteiger partial charge >= 0.3 is 5.97 Å². The minimum Gasteiger partial charge on any atom is -0.469 e. The van der Waals surface area contributed by atoms with Crippen LogP contribution >= 0.6 is 0 Å². The van der Waals surface area contributed by atoms with Crippen LogP contribution in [0.15, 0.2) is 23.4 Å². The van der Waals surface area contributed by atoms with Crippen LogP contribution in [0.25, 0.3) is 0 Å². The van der Waals surface area contributed by atoms with Gasteiger partial charge in [0.2, 0.25) is 0 Å². The van der Waals surface area contributed by atoms with E-state index in [1.165, 1.54) is 13.2 Å². The van der Waals surface area contributed by atoms with Crippen molar-refractivity contribution in [2.45, 2.75) is 70.0 Å². The number of hydrogen-bond donors (Lipinski definition) is 4. The minimum atomic E-state index is -0.781. The number of aliphatic hydroxyl groups is 2. The van der Waals surface area contributed by atoms with Gasteiger partial charge in [0.25, 0.3) is 0 Å². The first-order chi connectivity index (χ1) is 15.3. The monoisotopic (exact) mass is 456 g/mol. The van der Waals surface area contributed by atoms with Crippen molar-refractivity contribution in [2.75, 3.05) is 19.0 Å². The largest absolute Gasteiger partial charge is 0.469 e. The average molecular weight is 457 g/mol. The SMILES string of the molecule is COC(=O)CCCCCCC1C(O)C/C(=N/O)C1CCC(O)CNc1ccc(F)cc1F. The first-order valence-electron chi connectivity index (χ1n) is 11.2. The number of halogens is 2. The molecule has 0 spiro atoms. The lowest BCUT2D eigenvalue weighted by Gasteiger charge is -2.23. The maximum atomic E-state index is 13.7. The average Bonchev–Trinajstić information content (AvgIpc) is 3.08. The standard InChI is InChI=1S/C23H34F2N2O5/c1-32-23(30)7-5-3-2-4-6-18-17(21(27-31)13-22(18)29)10-9-16(28)14-26-20-11-8-15(24)12-19(20)25/h8,11-12,16-18,22,26,28-29,31H,2-7,9-10,13-14H2,1H3/b27-21-. The zero-order chi connectivity index (χ0) is 23.5. The number of carbonyl (C=O) groups is 1. The van der Waals surface area contributed by atoms with E-state index in [9.17, 15) is 29.0 Å². The summed E-state index contributed by atoms with van der Waals surface area (Å²) in [5, 5.41) is 36.2.